The number of hydrogen-bond acceptors (Lipinski definition) is 5. The third-order valence-corrected chi connectivity index (χ3v) is 3.85. The molecular formula is C17H13ClN2O5. The van der Waals surface area contributed by atoms with E-state index in [0.29, 0.717) is 27.7 Å². The lowest BCUT2D eigenvalue weighted by Gasteiger charge is -2.18. The number of nitro benzene ring substituents is 1. The molecule has 128 valence electrons. The van der Waals surface area contributed by atoms with Gasteiger partial charge in [-0.3, -0.25) is 14.9 Å². The molecule has 1 heterocycles. The minimum Gasteiger partial charge on any atom is -0.495 e. The third-order valence-electron chi connectivity index (χ3n) is 3.62. The van der Waals surface area contributed by atoms with Gasteiger partial charge in [0.1, 0.15) is 18.1 Å². The number of carbonyl (C=O) groups is 1. The second-order valence-corrected chi connectivity index (χ2v) is 5.67. The van der Waals surface area contributed by atoms with Crippen molar-refractivity contribution in [3.8, 4) is 11.5 Å². The molecule has 0 spiro atoms. The van der Waals surface area contributed by atoms with Crippen LogP contribution in [0, 0.1) is 10.1 Å². The first-order chi connectivity index (χ1) is 12.0. The maximum absolute atomic E-state index is 12.5. The number of nitrogens with zero attached hydrogens (tertiary/aromatic N) is 1. The molecule has 0 fully saturated rings. The van der Waals surface area contributed by atoms with Gasteiger partial charge in [-0.05, 0) is 30.3 Å². The highest BCUT2D eigenvalue weighted by Crippen LogP contribution is 2.31. The SMILES string of the molecule is COc1ccc([N+](=O)[O-])cc1NC(=O)C1=Cc2cc(Cl)ccc2OC1. The summed E-state index contributed by atoms with van der Waals surface area (Å²) in [5.41, 5.74) is 1.11. The van der Waals surface area contributed by atoms with Crippen LogP contribution < -0.4 is 14.8 Å². The molecule has 1 aliphatic heterocycles. The first-order valence-electron chi connectivity index (χ1n) is 7.24. The van der Waals surface area contributed by atoms with Crippen LogP contribution in [0.25, 0.3) is 6.08 Å². The predicted octanol–water partition coefficient (Wildman–Crippen LogP) is 3.67. The van der Waals surface area contributed by atoms with Crippen LogP contribution in [0.1, 0.15) is 5.56 Å². The Morgan fingerprint density at radius 3 is 2.84 bits per heavy atom. The molecule has 0 unspecified atom stereocenters. The van der Waals surface area contributed by atoms with Gasteiger partial charge in [-0.25, -0.2) is 0 Å². The van der Waals surface area contributed by atoms with Crippen LogP contribution in [0.4, 0.5) is 11.4 Å². The van der Waals surface area contributed by atoms with Gasteiger partial charge in [0.05, 0.1) is 23.3 Å². The average Bonchev–Trinajstić information content (AvgIpc) is 2.60. The number of amides is 1. The summed E-state index contributed by atoms with van der Waals surface area (Å²) in [6.45, 7) is 0.0811. The monoisotopic (exact) mass is 360 g/mol. The standard InChI is InChI=1S/C17H13ClN2O5/c1-24-16-5-3-13(20(22)23)8-14(16)19-17(21)11-6-10-7-12(18)2-4-15(10)25-9-11/h2-8H,9H2,1H3,(H,19,21). The van der Waals surface area contributed by atoms with Crippen LogP contribution in [0.3, 0.4) is 0 Å². The number of non-ortho nitro benzene ring substituents is 1. The zero-order valence-electron chi connectivity index (χ0n) is 13.1. The topological polar surface area (TPSA) is 90.7 Å². The largest absolute Gasteiger partial charge is 0.495 e. The summed E-state index contributed by atoms with van der Waals surface area (Å²) in [5.74, 6) is 0.512. The van der Waals surface area contributed by atoms with Crippen LogP contribution in [0.15, 0.2) is 42.0 Å². The van der Waals surface area contributed by atoms with E-state index in [9.17, 15) is 14.9 Å². The number of methoxy groups -OCH3 is 1. The van der Waals surface area contributed by atoms with Crippen molar-refractivity contribution in [3.63, 3.8) is 0 Å². The number of rotatable bonds is 4. The van der Waals surface area contributed by atoms with Crippen LogP contribution in [-0.4, -0.2) is 24.5 Å². The maximum atomic E-state index is 12.5. The number of benzene rings is 2. The second kappa shape index (κ2) is 6.82. The Balaban J connectivity index is 1.88. The summed E-state index contributed by atoms with van der Waals surface area (Å²) in [7, 11) is 1.41. The Hall–Kier alpha value is -3.06. The van der Waals surface area contributed by atoms with Crippen molar-refractivity contribution in [1.82, 2.24) is 0 Å². The number of hydrogen-bond donors (Lipinski definition) is 1. The van der Waals surface area contributed by atoms with Crippen LogP contribution in [0.5, 0.6) is 11.5 Å². The van der Waals surface area contributed by atoms with E-state index in [4.69, 9.17) is 21.1 Å². The fourth-order valence-electron chi connectivity index (χ4n) is 2.39. The van der Waals surface area contributed by atoms with Gasteiger partial charge >= 0.3 is 0 Å². The average molecular weight is 361 g/mol. The normalized spacial score (nSPS) is 12.5. The highest BCUT2D eigenvalue weighted by atomic mass is 35.5. The maximum Gasteiger partial charge on any atom is 0.271 e. The van der Waals surface area contributed by atoms with Crippen molar-refractivity contribution in [2.24, 2.45) is 0 Å². The molecule has 0 aliphatic carbocycles. The van der Waals surface area contributed by atoms with Crippen LogP contribution in [0.2, 0.25) is 5.02 Å². The molecular weight excluding hydrogens is 348 g/mol. The first-order valence-corrected chi connectivity index (χ1v) is 7.62. The van der Waals surface area contributed by atoms with Crippen LogP contribution >= 0.6 is 11.6 Å². The van der Waals surface area contributed by atoms with Gasteiger partial charge in [0.2, 0.25) is 0 Å². The van der Waals surface area contributed by atoms with Crippen molar-refractivity contribution in [2.45, 2.75) is 0 Å². The molecule has 0 bridgehead atoms. The van der Waals surface area contributed by atoms with E-state index in [1.54, 1.807) is 24.3 Å². The summed E-state index contributed by atoms with van der Waals surface area (Å²) in [5, 5.41) is 14.1. The smallest absolute Gasteiger partial charge is 0.271 e. The number of nitrogens with one attached hydrogen (secondary N) is 1. The molecule has 0 atom stereocenters. The lowest BCUT2D eigenvalue weighted by Crippen LogP contribution is -2.21. The fraction of sp³-hybridized carbons (Fsp3) is 0.118. The molecule has 2 aromatic rings. The fourth-order valence-corrected chi connectivity index (χ4v) is 2.57. The van der Waals surface area contributed by atoms with Gasteiger partial charge in [0.25, 0.3) is 11.6 Å². The molecule has 8 heteroatoms. The Morgan fingerprint density at radius 1 is 1.32 bits per heavy atom. The Labute approximate surface area is 148 Å². The van der Waals surface area contributed by atoms with Crippen molar-refractivity contribution < 1.29 is 19.2 Å². The van der Waals surface area contributed by atoms with Gasteiger partial charge in [-0.1, -0.05) is 11.6 Å². The third kappa shape index (κ3) is 3.56. The van der Waals surface area contributed by atoms with Gasteiger partial charge in [-0.15, -0.1) is 0 Å². The summed E-state index contributed by atoms with van der Waals surface area (Å²) in [4.78, 5) is 22.9. The molecule has 1 aliphatic rings. The molecule has 0 saturated carbocycles. The molecule has 0 saturated heterocycles. The summed E-state index contributed by atoms with van der Waals surface area (Å²) < 4.78 is 10.7. The van der Waals surface area contributed by atoms with Crippen molar-refractivity contribution >= 4 is 35.0 Å². The molecule has 7 nitrogen and oxygen atoms in total. The lowest BCUT2D eigenvalue weighted by molar-refractivity contribution is -0.384. The quantitative estimate of drug-likeness (QED) is 0.663. The molecule has 3 rings (SSSR count). The second-order valence-electron chi connectivity index (χ2n) is 5.24. The van der Waals surface area contributed by atoms with E-state index in [1.165, 1.54) is 25.3 Å². The number of fused-ring (bicyclic) bond motifs is 1. The van der Waals surface area contributed by atoms with E-state index < -0.39 is 10.8 Å². The Kier molecular flexibility index (Phi) is 4.58. The van der Waals surface area contributed by atoms with Gasteiger partial charge in [0, 0.05) is 22.7 Å². The number of nitro groups is 1. The van der Waals surface area contributed by atoms with Gasteiger partial charge < -0.3 is 14.8 Å². The molecule has 0 radical (unpaired) electrons. The highest BCUT2D eigenvalue weighted by Gasteiger charge is 2.20. The first kappa shape index (κ1) is 16.8. The summed E-state index contributed by atoms with van der Waals surface area (Å²) in [6, 6.07) is 9.09. The molecule has 1 amide bonds. The predicted molar refractivity (Wildman–Crippen MR) is 93.2 cm³/mol. The van der Waals surface area contributed by atoms with E-state index in [0.717, 1.165) is 0 Å². The minimum atomic E-state index is -0.545. The van der Waals surface area contributed by atoms with Crippen molar-refractivity contribution in [2.75, 3.05) is 19.0 Å². The summed E-state index contributed by atoms with van der Waals surface area (Å²) >= 11 is 5.95. The number of halogens is 1. The van der Waals surface area contributed by atoms with Crippen molar-refractivity contribution in [3.05, 3.63) is 62.7 Å². The molecule has 1 N–H and O–H groups in total. The molecule has 25 heavy (non-hydrogen) atoms. The van der Waals surface area contributed by atoms with E-state index >= 15 is 0 Å². The number of carbonyl (C=O) groups excluding carboxylic acids is 1. The van der Waals surface area contributed by atoms with Crippen LogP contribution in [-0.2, 0) is 4.79 Å². The van der Waals surface area contributed by atoms with E-state index in [2.05, 4.69) is 5.32 Å². The zero-order chi connectivity index (χ0) is 18.0. The highest BCUT2D eigenvalue weighted by molar-refractivity contribution is 6.30. The summed E-state index contributed by atoms with van der Waals surface area (Å²) in [6.07, 6.45) is 1.67. The van der Waals surface area contributed by atoms with E-state index in [-0.39, 0.29) is 18.0 Å². The molecule has 0 aromatic heterocycles. The Morgan fingerprint density at radius 2 is 2.12 bits per heavy atom. The number of ether oxygens (including phenoxy) is 2. The van der Waals surface area contributed by atoms with Crippen molar-refractivity contribution in [1.29, 1.82) is 0 Å². The number of anilines is 1. The van der Waals surface area contributed by atoms with Gasteiger partial charge in [-0.2, -0.15) is 0 Å². The van der Waals surface area contributed by atoms with Gasteiger partial charge in [0.15, 0.2) is 0 Å². The zero-order valence-corrected chi connectivity index (χ0v) is 13.9. The Bertz CT molecular complexity index is 895. The molecule has 2 aromatic carbocycles. The minimum absolute atomic E-state index is 0.0811. The lowest BCUT2D eigenvalue weighted by atomic mass is 10.1. The van der Waals surface area contributed by atoms with E-state index in [1.807, 2.05) is 0 Å².